The normalized spacial score (nSPS) is 11.9. The van der Waals surface area contributed by atoms with Crippen molar-refractivity contribution in [1.29, 1.82) is 0 Å². The number of hydrogen-bond acceptors (Lipinski definition) is 3. The number of rotatable bonds is 5. The minimum Gasteiger partial charge on any atom is -0.332 e. The molecule has 2 heterocycles. The highest BCUT2D eigenvalue weighted by molar-refractivity contribution is 6.33. The average Bonchev–Trinajstić information content (AvgIpc) is 2.76. The molecule has 6 nitrogen and oxygen atoms in total. The van der Waals surface area contributed by atoms with Crippen LogP contribution >= 0.6 is 11.6 Å². The number of carbonyl (C=O) groups excluding carboxylic acids is 1. The van der Waals surface area contributed by atoms with E-state index in [-0.39, 0.29) is 17.2 Å². The van der Waals surface area contributed by atoms with E-state index in [1.165, 1.54) is 18.3 Å². The lowest BCUT2D eigenvalue weighted by Gasteiger charge is -2.23. The molecule has 1 amide bonds. The van der Waals surface area contributed by atoms with E-state index >= 15 is 0 Å². The predicted molar refractivity (Wildman–Crippen MR) is 77.4 cm³/mol. The molecule has 0 aliphatic carbocycles. The molecule has 0 bridgehead atoms. The van der Waals surface area contributed by atoms with Crippen molar-refractivity contribution in [1.82, 2.24) is 19.1 Å². The number of hydrogen-bond donors (Lipinski definition) is 0. The summed E-state index contributed by atoms with van der Waals surface area (Å²) < 4.78 is 39.5. The second-order valence-electron chi connectivity index (χ2n) is 4.92. The molecule has 2 rings (SSSR count). The topological polar surface area (TPSA) is 59.6 Å². The van der Waals surface area contributed by atoms with E-state index in [1.807, 2.05) is 0 Å². The number of aromatic nitrogens is 3. The van der Waals surface area contributed by atoms with Crippen molar-refractivity contribution in [2.24, 2.45) is 0 Å². The molecule has 0 unspecified atom stereocenters. The SMILES string of the molecule is CCCN(CC(F)(F)F)C(=O)Cn1nc2c(Cl)cccn2c1=O. The molecule has 0 N–H and O–H groups in total. The highest BCUT2D eigenvalue weighted by atomic mass is 35.5. The lowest BCUT2D eigenvalue weighted by molar-refractivity contribution is -0.161. The summed E-state index contributed by atoms with van der Waals surface area (Å²) in [5, 5.41) is 4.10. The van der Waals surface area contributed by atoms with E-state index in [4.69, 9.17) is 11.6 Å². The molecule has 0 radical (unpaired) electrons. The van der Waals surface area contributed by atoms with Gasteiger partial charge in [-0.15, -0.1) is 5.10 Å². The van der Waals surface area contributed by atoms with Gasteiger partial charge in [-0.3, -0.25) is 4.79 Å². The van der Waals surface area contributed by atoms with Gasteiger partial charge < -0.3 is 4.90 Å². The zero-order valence-electron chi connectivity index (χ0n) is 12.2. The monoisotopic (exact) mass is 350 g/mol. The Morgan fingerprint density at radius 3 is 2.70 bits per heavy atom. The summed E-state index contributed by atoms with van der Waals surface area (Å²) in [6, 6.07) is 3.04. The van der Waals surface area contributed by atoms with Crippen molar-refractivity contribution in [2.45, 2.75) is 26.1 Å². The first kappa shape index (κ1) is 17.3. The molecule has 2 aromatic heterocycles. The molecule has 0 aliphatic rings. The maximum Gasteiger partial charge on any atom is 0.406 e. The maximum atomic E-state index is 12.5. The van der Waals surface area contributed by atoms with Crippen LogP contribution in [0.3, 0.4) is 0 Å². The third-order valence-corrected chi connectivity index (χ3v) is 3.36. The molecule has 10 heteroatoms. The Hall–Kier alpha value is -2.03. The largest absolute Gasteiger partial charge is 0.406 e. The van der Waals surface area contributed by atoms with Gasteiger partial charge in [-0.25, -0.2) is 13.9 Å². The average molecular weight is 351 g/mol. The second-order valence-corrected chi connectivity index (χ2v) is 5.33. The number of halogens is 4. The summed E-state index contributed by atoms with van der Waals surface area (Å²) in [6.07, 6.45) is -2.72. The molecule has 0 aliphatic heterocycles. The lowest BCUT2D eigenvalue weighted by Crippen LogP contribution is -2.42. The Morgan fingerprint density at radius 2 is 2.13 bits per heavy atom. The number of carbonyl (C=O) groups is 1. The van der Waals surface area contributed by atoms with Crippen LogP contribution in [-0.4, -0.2) is 44.3 Å². The quantitative estimate of drug-likeness (QED) is 0.828. The van der Waals surface area contributed by atoms with Crippen molar-refractivity contribution >= 4 is 23.2 Å². The molecule has 23 heavy (non-hydrogen) atoms. The van der Waals surface area contributed by atoms with E-state index in [9.17, 15) is 22.8 Å². The minimum atomic E-state index is -4.50. The van der Waals surface area contributed by atoms with Crippen LogP contribution in [0.1, 0.15) is 13.3 Å². The fourth-order valence-corrected chi connectivity index (χ4v) is 2.32. The molecular weight excluding hydrogens is 337 g/mol. The Balaban J connectivity index is 2.26. The van der Waals surface area contributed by atoms with Crippen LogP contribution in [0.25, 0.3) is 5.65 Å². The van der Waals surface area contributed by atoms with Crippen molar-refractivity contribution in [3.63, 3.8) is 0 Å². The Bertz CT molecular complexity index is 769. The molecule has 0 saturated heterocycles. The van der Waals surface area contributed by atoms with Gasteiger partial charge in [0, 0.05) is 12.7 Å². The summed E-state index contributed by atoms with van der Waals surface area (Å²) in [6.45, 7) is -0.329. The molecule has 126 valence electrons. The van der Waals surface area contributed by atoms with Crippen molar-refractivity contribution in [2.75, 3.05) is 13.1 Å². The van der Waals surface area contributed by atoms with Gasteiger partial charge in [0.25, 0.3) is 0 Å². The van der Waals surface area contributed by atoms with Crippen LogP contribution in [0.5, 0.6) is 0 Å². The second kappa shape index (κ2) is 6.61. The molecular formula is C13H14ClF3N4O2. The summed E-state index contributed by atoms with van der Waals surface area (Å²) in [4.78, 5) is 24.8. The van der Waals surface area contributed by atoms with Gasteiger partial charge in [-0.2, -0.15) is 13.2 Å². The van der Waals surface area contributed by atoms with Crippen LogP contribution in [-0.2, 0) is 11.3 Å². The van der Waals surface area contributed by atoms with E-state index in [0.717, 1.165) is 9.08 Å². The third-order valence-electron chi connectivity index (χ3n) is 3.06. The highest BCUT2D eigenvalue weighted by Crippen LogP contribution is 2.17. The molecule has 2 aromatic rings. The lowest BCUT2D eigenvalue weighted by atomic mass is 10.3. The van der Waals surface area contributed by atoms with Gasteiger partial charge in [0.2, 0.25) is 5.91 Å². The number of alkyl halides is 3. The van der Waals surface area contributed by atoms with E-state index < -0.39 is 30.9 Å². The molecule has 0 saturated carbocycles. The van der Waals surface area contributed by atoms with Gasteiger partial charge in [0.1, 0.15) is 13.1 Å². The summed E-state index contributed by atoms with van der Waals surface area (Å²) in [5.74, 6) is -0.828. The van der Waals surface area contributed by atoms with E-state index in [0.29, 0.717) is 11.3 Å². The first-order chi connectivity index (χ1) is 10.7. The Kier molecular flexibility index (Phi) is 4.98. The molecule has 0 aromatic carbocycles. The van der Waals surface area contributed by atoms with Crippen LogP contribution in [0.15, 0.2) is 23.1 Å². The summed E-state index contributed by atoms with van der Waals surface area (Å²) >= 11 is 5.90. The minimum absolute atomic E-state index is 0.0543. The van der Waals surface area contributed by atoms with Crippen LogP contribution in [0.4, 0.5) is 13.2 Å². The molecule has 0 atom stereocenters. The van der Waals surface area contributed by atoms with Gasteiger partial charge in [0.05, 0.1) is 5.02 Å². The van der Waals surface area contributed by atoms with Crippen LogP contribution in [0.2, 0.25) is 5.02 Å². The maximum absolute atomic E-state index is 12.5. The number of fused-ring (bicyclic) bond motifs is 1. The number of amides is 1. The zero-order chi connectivity index (χ0) is 17.2. The smallest absolute Gasteiger partial charge is 0.332 e. The number of pyridine rings is 1. The van der Waals surface area contributed by atoms with Gasteiger partial charge in [-0.1, -0.05) is 18.5 Å². The Morgan fingerprint density at radius 1 is 1.43 bits per heavy atom. The van der Waals surface area contributed by atoms with Crippen molar-refractivity contribution < 1.29 is 18.0 Å². The Labute approximate surface area is 134 Å². The van der Waals surface area contributed by atoms with E-state index in [2.05, 4.69) is 5.10 Å². The third kappa shape index (κ3) is 4.04. The van der Waals surface area contributed by atoms with Gasteiger partial charge >= 0.3 is 11.9 Å². The van der Waals surface area contributed by atoms with Crippen LogP contribution < -0.4 is 5.69 Å². The van der Waals surface area contributed by atoms with Gasteiger partial charge in [-0.05, 0) is 18.6 Å². The first-order valence-electron chi connectivity index (χ1n) is 6.81. The number of nitrogens with zero attached hydrogens (tertiary/aromatic N) is 4. The molecule has 0 fully saturated rings. The standard InChI is InChI=1S/C13H14ClF3N4O2/c1-2-5-19(8-13(15,16)17)10(22)7-21-12(23)20-6-3-4-9(14)11(20)18-21/h3-4,6H,2,5,7-8H2,1H3. The fraction of sp³-hybridized carbons (Fsp3) is 0.462. The summed E-state index contributed by atoms with van der Waals surface area (Å²) in [5.41, 5.74) is -0.496. The van der Waals surface area contributed by atoms with Crippen molar-refractivity contribution in [3.05, 3.63) is 33.8 Å². The van der Waals surface area contributed by atoms with Crippen LogP contribution in [0, 0.1) is 0 Å². The highest BCUT2D eigenvalue weighted by Gasteiger charge is 2.32. The summed E-state index contributed by atoms with van der Waals surface area (Å²) in [7, 11) is 0. The predicted octanol–water partition coefficient (Wildman–Crippen LogP) is 1.95. The zero-order valence-corrected chi connectivity index (χ0v) is 12.9. The van der Waals surface area contributed by atoms with Crippen molar-refractivity contribution in [3.8, 4) is 0 Å². The molecule has 0 spiro atoms. The van der Waals surface area contributed by atoms with Gasteiger partial charge in [0.15, 0.2) is 5.65 Å². The van der Waals surface area contributed by atoms with E-state index in [1.54, 1.807) is 6.92 Å². The fourth-order valence-electron chi connectivity index (χ4n) is 2.11. The first-order valence-corrected chi connectivity index (χ1v) is 7.19.